The first kappa shape index (κ1) is 11.0. The molecule has 1 heterocycles. The Hall–Kier alpha value is -0.120. The molecule has 0 saturated carbocycles. The van der Waals surface area contributed by atoms with Crippen molar-refractivity contribution < 1.29 is 5.11 Å². The van der Waals surface area contributed by atoms with Crippen molar-refractivity contribution in [2.75, 3.05) is 32.7 Å². The number of aliphatic hydroxyl groups excluding tert-OH is 1. The smallest absolute Gasteiger partial charge is 0.0639 e. The van der Waals surface area contributed by atoms with E-state index in [1.54, 1.807) is 0 Å². The van der Waals surface area contributed by atoms with E-state index in [4.69, 9.17) is 0 Å². The van der Waals surface area contributed by atoms with Gasteiger partial charge in [0.15, 0.2) is 0 Å². The molecule has 0 aromatic rings. The first-order valence-corrected chi connectivity index (χ1v) is 5.28. The van der Waals surface area contributed by atoms with Gasteiger partial charge in [-0.15, -0.1) is 0 Å². The largest absolute Gasteiger partial charge is 0.392 e. The summed E-state index contributed by atoms with van der Waals surface area (Å²) < 4.78 is 0. The summed E-state index contributed by atoms with van der Waals surface area (Å²) in [6.07, 6.45) is -0.194. The molecule has 1 N–H and O–H groups in total. The predicted octanol–water partition coefficient (Wildman–Crippen LogP) is 0.393. The lowest BCUT2D eigenvalue weighted by Crippen LogP contribution is -2.52. The highest BCUT2D eigenvalue weighted by Crippen LogP contribution is 2.08. The molecule has 13 heavy (non-hydrogen) atoms. The third-order valence-corrected chi connectivity index (χ3v) is 2.78. The molecular weight excluding hydrogens is 164 g/mol. The van der Waals surface area contributed by atoms with Crippen molar-refractivity contribution in [1.82, 2.24) is 9.80 Å². The molecule has 1 unspecified atom stereocenters. The first-order chi connectivity index (χ1) is 6.13. The number of rotatable bonds is 3. The van der Waals surface area contributed by atoms with Crippen molar-refractivity contribution in [2.45, 2.75) is 32.9 Å². The van der Waals surface area contributed by atoms with E-state index < -0.39 is 0 Å². The standard InChI is InChI=1S/C10H22N2O/c1-4-12-6-5-11(7-9(12)2)8-10(3)13/h9-10,13H,4-8H2,1-3H3/t9?,10-/m1/s1. The first-order valence-electron chi connectivity index (χ1n) is 5.28. The molecule has 1 saturated heterocycles. The van der Waals surface area contributed by atoms with Crippen molar-refractivity contribution in [3.63, 3.8) is 0 Å². The molecule has 78 valence electrons. The number of piperazine rings is 1. The molecule has 1 aliphatic heterocycles. The minimum absolute atomic E-state index is 0.194. The van der Waals surface area contributed by atoms with E-state index in [9.17, 15) is 5.11 Å². The van der Waals surface area contributed by atoms with Crippen LogP contribution in [0.5, 0.6) is 0 Å². The molecule has 0 spiro atoms. The molecule has 3 heteroatoms. The van der Waals surface area contributed by atoms with E-state index in [1.807, 2.05) is 6.92 Å². The van der Waals surface area contributed by atoms with Crippen LogP contribution in [0.1, 0.15) is 20.8 Å². The van der Waals surface area contributed by atoms with Crippen LogP contribution in [0.25, 0.3) is 0 Å². The van der Waals surface area contributed by atoms with Crippen LogP contribution in [0.4, 0.5) is 0 Å². The predicted molar refractivity (Wildman–Crippen MR) is 54.8 cm³/mol. The second kappa shape index (κ2) is 4.94. The summed E-state index contributed by atoms with van der Waals surface area (Å²) in [5, 5.41) is 9.26. The summed E-state index contributed by atoms with van der Waals surface area (Å²) in [5.41, 5.74) is 0. The molecular formula is C10H22N2O. The molecule has 1 rings (SSSR count). The summed E-state index contributed by atoms with van der Waals surface area (Å²) in [5.74, 6) is 0. The molecule has 0 aliphatic carbocycles. The van der Waals surface area contributed by atoms with Gasteiger partial charge in [0.25, 0.3) is 0 Å². The summed E-state index contributed by atoms with van der Waals surface area (Å²) in [6, 6.07) is 0.637. The van der Waals surface area contributed by atoms with E-state index in [-0.39, 0.29) is 6.10 Å². The lowest BCUT2D eigenvalue weighted by molar-refractivity contribution is 0.0539. The maximum absolute atomic E-state index is 9.26. The maximum Gasteiger partial charge on any atom is 0.0639 e. The fourth-order valence-corrected chi connectivity index (χ4v) is 2.08. The van der Waals surface area contributed by atoms with Gasteiger partial charge in [-0.1, -0.05) is 6.92 Å². The molecule has 0 radical (unpaired) electrons. The van der Waals surface area contributed by atoms with Crippen LogP contribution >= 0.6 is 0 Å². The zero-order chi connectivity index (χ0) is 9.84. The molecule has 1 aliphatic rings. The van der Waals surface area contributed by atoms with Gasteiger partial charge in [-0.25, -0.2) is 0 Å². The lowest BCUT2D eigenvalue weighted by Gasteiger charge is -2.39. The molecule has 0 aromatic carbocycles. The third kappa shape index (κ3) is 3.25. The number of likely N-dealkylation sites (N-methyl/N-ethyl adjacent to an activating group) is 1. The lowest BCUT2D eigenvalue weighted by atomic mass is 10.2. The van der Waals surface area contributed by atoms with E-state index in [0.717, 1.165) is 32.7 Å². The minimum Gasteiger partial charge on any atom is -0.392 e. The zero-order valence-corrected chi connectivity index (χ0v) is 9.03. The van der Waals surface area contributed by atoms with Crippen molar-refractivity contribution in [3.05, 3.63) is 0 Å². The van der Waals surface area contributed by atoms with Gasteiger partial charge in [-0.05, 0) is 20.4 Å². The van der Waals surface area contributed by atoms with Crippen LogP contribution in [-0.2, 0) is 0 Å². The van der Waals surface area contributed by atoms with Gasteiger partial charge in [0.1, 0.15) is 0 Å². The molecule has 0 amide bonds. The van der Waals surface area contributed by atoms with E-state index in [1.165, 1.54) is 0 Å². The van der Waals surface area contributed by atoms with Crippen molar-refractivity contribution in [1.29, 1.82) is 0 Å². The minimum atomic E-state index is -0.194. The van der Waals surface area contributed by atoms with Gasteiger partial charge in [-0.2, -0.15) is 0 Å². The normalized spacial score (nSPS) is 29.1. The summed E-state index contributed by atoms with van der Waals surface area (Å²) in [6.45, 7) is 11.6. The highest BCUT2D eigenvalue weighted by molar-refractivity contribution is 4.78. The van der Waals surface area contributed by atoms with Gasteiger partial charge < -0.3 is 5.11 Å². The average Bonchev–Trinajstić information content (AvgIpc) is 2.03. The van der Waals surface area contributed by atoms with Crippen LogP contribution in [0.3, 0.4) is 0 Å². The maximum atomic E-state index is 9.26. The van der Waals surface area contributed by atoms with Gasteiger partial charge in [0, 0.05) is 32.2 Å². The Bertz CT molecular complexity index is 150. The SMILES string of the molecule is CCN1CCN(C[C@@H](C)O)CC1C. The molecule has 0 bridgehead atoms. The number of hydrogen-bond donors (Lipinski definition) is 1. The summed E-state index contributed by atoms with van der Waals surface area (Å²) in [4.78, 5) is 4.83. The molecule has 0 aromatic heterocycles. The van der Waals surface area contributed by atoms with Crippen LogP contribution in [0.2, 0.25) is 0 Å². The highest BCUT2D eigenvalue weighted by Gasteiger charge is 2.22. The zero-order valence-electron chi connectivity index (χ0n) is 9.03. The van der Waals surface area contributed by atoms with Gasteiger partial charge in [0.2, 0.25) is 0 Å². The third-order valence-electron chi connectivity index (χ3n) is 2.78. The topological polar surface area (TPSA) is 26.7 Å². The Morgan fingerprint density at radius 3 is 2.62 bits per heavy atom. The monoisotopic (exact) mass is 186 g/mol. The van der Waals surface area contributed by atoms with Crippen molar-refractivity contribution in [3.8, 4) is 0 Å². The number of aliphatic hydroxyl groups is 1. The Labute approximate surface area is 81.3 Å². The summed E-state index contributed by atoms with van der Waals surface area (Å²) in [7, 11) is 0. The number of nitrogens with zero attached hydrogens (tertiary/aromatic N) is 2. The fraction of sp³-hybridized carbons (Fsp3) is 1.00. The fourth-order valence-electron chi connectivity index (χ4n) is 2.08. The summed E-state index contributed by atoms with van der Waals surface area (Å²) >= 11 is 0. The van der Waals surface area contributed by atoms with Gasteiger partial charge in [-0.3, -0.25) is 9.80 Å². The van der Waals surface area contributed by atoms with Crippen LogP contribution in [0, 0.1) is 0 Å². The van der Waals surface area contributed by atoms with Crippen LogP contribution in [0.15, 0.2) is 0 Å². The van der Waals surface area contributed by atoms with E-state index >= 15 is 0 Å². The average molecular weight is 186 g/mol. The highest BCUT2D eigenvalue weighted by atomic mass is 16.3. The van der Waals surface area contributed by atoms with Gasteiger partial charge >= 0.3 is 0 Å². The second-order valence-electron chi connectivity index (χ2n) is 4.09. The molecule has 1 fully saturated rings. The number of hydrogen-bond acceptors (Lipinski definition) is 3. The van der Waals surface area contributed by atoms with E-state index in [2.05, 4.69) is 23.6 Å². The van der Waals surface area contributed by atoms with Crippen LogP contribution in [-0.4, -0.2) is 59.8 Å². The quantitative estimate of drug-likeness (QED) is 0.691. The Balaban J connectivity index is 2.32. The molecule has 3 nitrogen and oxygen atoms in total. The Morgan fingerprint density at radius 1 is 1.46 bits per heavy atom. The second-order valence-corrected chi connectivity index (χ2v) is 4.09. The van der Waals surface area contributed by atoms with Gasteiger partial charge in [0.05, 0.1) is 6.10 Å². The van der Waals surface area contributed by atoms with Crippen molar-refractivity contribution in [2.24, 2.45) is 0 Å². The Kier molecular flexibility index (Phi) is 4.16. The number of β-amino-alcohol motifs (C(OH)–C–C–N with tert-alkyl or cyclic N) is 1. The van der Waals surface area contributed by atoms with Crippen molar-refractivity contribution >= 4 is 0 Å². The Morgan fingerprint density at radius 2 is 2.15 bits per heavy atom. The van der Waals surface area contributed by atoms with E-state index in [0.29, 0.717) is 6.04 Å². The van der Waals surface area contributed by atoms with Crippen LogP contribution < -0.4 is 0 Å². The molecule has 2 atom stereocenters.